The van der Waals surface area contributed by atoms with Gasteiger partial charge in [-0.15, -0.1) is 0 Å². The minimum Gasteiger partial charge on any atom is -0.367 e. The third-order valence-corrected chi connectivity index (χ3v) is 12.1. The molecule has 5 aliphatic rings. The lowest BCUT2D eigenvalue weighted by atomic mass is 9.47. The number of carbonyl (C=O) groups is 1. The number of hydrogen-bond acceptors (Lipinski definition) is 3. The van der Waals surface area contributed by atoms with E-state index in [9.17, 15) is 4.79 Å². The van der Waals surface area contributed by atoms with Crippen molar-refractivity contribution in [3.05, 3.63) is 47.5 Å². The van der Waals surface area contributed by atoms with E-state index in [0.717, 1.165) is 48.1 Å². The number of amides is 1. The Labute approximate surface area is 218 Å². The molecule has 3 saturated carbocycles. The Bertz CT molecular complexity index is 1020. The van der Waals surface area contributed by atoms with Crippen LogP contribution in [0.5, 0.6) is 0 Å². The van der Waals surface area contributed by atoms with Gasteiger partial charge in [0.2, 0.25) is 0 Å². The molecule has 0 radical (unpaired) electrons. The summed E-state index contributed by atoms with van der Waals surface area (Å²) in [5.74, 6) is 3.61. The van der Waals surface area contributed by atoms with E-state index in [1.807, 2.05) is 42.3 Å². The maximum atomic E-state index is 13.5. The number of carbonyl (C=O) groups excluding carboxylic acids is 1. The molecule has 4 fully saturated rings. The van der Waals surface area contributed by atoms with Crippen LogP contribution < -0.4 is 0 Å². The van der Waals surface area contributed by atoms with Crippen molar-refractivity contribution in [3.63, 3.8) is 0 Å². The van der Waals surface area contributed by atoms with E-state index in [0.29, 0.717) is 10.8 Å². The highest BCUT2D eigenvalue weighted by Crippen LogP contribution is 2.68. The summed E-state index contributed by atoms with van der Waals surface area (Å²) >= 11 is 0. The zero-order valence-electron chi connectivity index (χ0n) is 23.1. The molecule has 1 spiro atoms. The largest absolute Gasteiger partial charge is 0.367 e. The number of likely N-dealkylation sites (N-methyl/N-ethyl adjacent to an activating group) is 1. The van der Waals surface area contributed by atoms with Crippen LogP contribution in [-0.2, 0) is 9.53 Å². The van der Waals surface area contributed by atoms with Crippen molar-refractivity contribution >= 4 is 5.91 Å². The van der Waals surface area contributed by atoms with E-state index >= 15 is 0 Å². The Hall–Kier alpha value is -1.65. The minimum absolute atomic E-state index is 0.0858. The van der Waals surface area contributed by atoms with Gasteiger partial charge in [-0.05, 0) is 105 Å². The predicted octanol–water partition coefficient (Wildman–Crippen LogP) is 6.09. The molecule has 1 aromatic carbocycles. The molecule has 1 aliphatic heterocycles. The SMILES string of the molecule is CO[C@H](C(=O)N(C)[C@H]1CC[C@@]2(C)C(=CC[C@H]3[C@@H]4CC[C@@H]5[C@H](C)N(C)C[C@@]54CC[C@@H]32)C1)c1ccccc1. The molecule has 1 aromatic rings. The molecular formula is C32H46N2O2. The fourth-order valence-corrected chi connectivity index (χ4v) is 10.1. The first-order chi connectivity index (χ1) is 17.3. The number of allylic oxidation sites excluding steroid dienone is 1. The van der Waals surface area contributed by atoms with Gasteiger partial charge in [0.05, 0.1) is 0 Å². The van der Waals surface area contributed by atoms with Gasteiger partial charge in [0, 0.05) is 32.8 Å². The zero-order chi connectivity index (χ0) is 25.2. The Morgan fingerprint density at radius 2 is 1.83 bits per heavy atom. The third-order valence-electron chi connectivity index (χ3n) is 12.1. The van der Waals surface area contributed by atoms with Gasteiger partial charge in [-0.2, -0.15) is 0 Å². The van der Waals surface area contributed by atoms with Gasteiger partial charge in [-0.25, -0.2) is 0 Å². The van der Waals surface area contributed by atoms with E-state index < -0.39 is 6.10 Å². The number of nitrogens with zero attached hydrogens (tertiary/aromatic N) is 2. The van der Waals surface area contributed by atoms with Gasteiger partial charge in [-0.1, -0.05) is 48.9 Å². The van der Waals surface area contributed by atoms with Crippen LogP contribution in [0.25, 0.3) is 0 Å². The summed E-state index contributed by atoms with van der Waals surface area (Å²) in [5.41, 5.74) is 3.50. The molecule has 0 aromatic heterocycles. The second kappa shape index (κ2) is 8.98. The van der Waals surface area contributed by atoms with Crippen LogP contribution in [0.1, 0.15) is 76.9 Å². The highest BCUT2D eigenvalue weighted by molar-refractivity contribution is 5.82. The number of rotatable bonds is 4. The molecule has 4 heteroatoms. The normalized spacial score (nSPS) is 42.5. The summed E-state index contributed by atoms with van der Waals surface area (Å²) in [6.45, 7) is 6.40. The Morgan fingerprint density at radius 3 is 2.58 bits per heavy atom. The number of benzene rings is 1. The molecule has 0 unspecified atom stereocenters. The molecule has 6 rings (SSSR count). The highest BCUT2D eigenvalue weighted by atomic mass is 16.5. The fourth-order valence-electron chi connectivity index (χ4n) is 10.1. The van der Waals surface area contributed by atoms with Gasteiger partial charge in [0.15, 0.2) is 6.10 Å². The lowest BCUT2D eigenvalue weighted by molar-refractivity contribution is -0.144. The van der Waals surface area contributed by atoms with Crippen LogP contribution in [0, 0.1) is 34.5 Å². The van der Waals surface area contributed by atoms with Crippen molar-refractivity contribution in [2.75, 3.05) is 27.7 Å². The van der Waals surface area contributed by atoms with Crippen molar-refractivity contribution in [1.29, 1.82) is 0 Å². The molecule has 4 nitrogen and oxygen atoms in total. The van der Waals surface area contributed by atoms with Crippen LogP contribution in [0.2, 0.25) is 0 Å². The van der Waals surface area contributed by atoms with Gasteiger partial charge in [0.25, 0.3) is 5.91 Å². The number of likely N-dealkylation sites (tertiary alicyclic amines) is 1. The molecule has 1 amide bonds. The molecule has 36 heavy (non-hydrogen) atoms. The van der Waals surface area contributed by atoms with Crippen molar-refractivity contribution in [2.24, 2.45) is 34.5 Å². The highest BCUT2D eigenvalue weighted by Gasteiger charge is 2.64. The maximum absolute atomic E-state index is 13.5. The van der Waals surface area contributed by atoms with Crippen LogP contribution in [0.15, 0.2) is 42.0 Å². The predicted molar refractivity (Wildman–Crippen MR) is 144 cm³/mol. The van der Waals surface area contributed by atoms with E-state index in [2.05, 4.69) is 31.9 Å². The van der Waals surface area contributed by atoms with Crippen LogP contribution in [0.3, 0.4) is 0 Å². The van der Waals surface area contributed by atoms with Gasteiger partial charge < -0.3 is 14.5 Å². The van der Waals surface area contributed by atoms with E-state index in [1.165, 1.54) is 45.1 Å². The first-order valence-corrected chi connectivity index (χ1v) is 14.5. The summed E-state index contributed by atoms with van der Waals surface area (Å²) in [6, 6.07) is 11.0. The van der Waals surface area contributed by atoms with Crippen molar-refractivity contribution in [2.45, 2.75) is 83.4 Å². The lowest BCUT2D eigenvalue weighted by Gasteiger charge is -2.58. The summed E-state index contributed by atoms with van der Waals surface area (Å²) in [5, 5.41) is 0. The summed E-state index contributed by atoms with van der Waals surface area (Å²) in [7, 11) is 6.01. The summed E-state index contributed by atoms with van der Waals surface area (Å²) in [4.78, 5) is 18.2. The fraction of sp³-hybridized carbons (Fsp3) is 0.719. The second-order valence-corrected chi connectivity index (χ2v) is 13.2. The molecule has 0 N–H and O–H groups in total. The van der Waals surface area contributed by atoms with Crippen LogP contribution in [0.4, 0.5) is 0 Å². The number of methoxy groups -OCH3 is 1. The summed E-state index contributed by atoms with van der Waals surface area (Å²) in [6.07, 6.45) is 12.5. The van der Waals surface area contributed by atoms with Gasteiger partial charge in [0.1, 0.15) is 0 Å². The third kappa shape index (κ3) is 3.50. The lowest BCUT2D eigenvalue weighted by Crippen LogP contribution is -2.53. The average molecular weight is 491 g/mol. The number of ether oxygens (including phenoxy) is 1. The smallest absolute Gasteiger partial charge is 0.256 e. The molecule has 4 aliphatic carbocycles. The van der Waals surface area contributed by atoms with E-state index in [1.54, 1.807) is 12.7 Å². The number of fused-ring (bicyclic) bond motifs is 4. The Kier molecular flexibility index (Phi) is 6.15. The summed E-state index contributed by atoms with van der Waals surface area (Å²) < 4.78 is 5.69. The quantitative estimate of drug-likeness (QED) is 0.479. The monoisotopic (exact) mass is 490 g/mol. The molecule has 1 heterocycles. The molecule has 9 atom stereocenters. The second-order valence-electron chi connectivity index (χ2n) is 13.2. The van der Waals surface area contributed by atoms with Crippen molar-refractivity contribution in [1.82, 2.24) is 9.80 Å². The standard InChI is InChI=1S/C32H46N2O2/c1-21-26-13-14-28-25-12-11-23-19-24(34(4)30(35)29(36-5)22-9-7-6-8-10-22)15-17-31(23,2)27(25)16-18-32(26,28)20-33(21)3/h6-11,21,24-29H,12-20H2,1-5H3/t21-,24-,25+,26+,27-,28-,29-,31-,32-/m0/s1. The van der Waals surface area contributed by atoms with Crippen LogP contribution >= 0.6 is 0 Å². The van der Waals surface area contributed by atoms with Crippen LogP contribution in [-0.4, -0.2) is 55.5 Å². The topological polar surface area (TPSA) is 32.8 Å². The molecular weight excluding hydrogens is 444 g/mol. The molecule has 196 valence electrons. The van der Waals surface area contributed by atoms with Crippen molar-refractivity contribution in [3.8, 4) is 0 Å². The van der Waals surface area contributed by atoms with E-state index in [4.69, 9.17) is 4.74 Å². The molecule has 0 bridgehead atoms. The zero-order valence-corrected chi connectivity index (χ0v) is 23.1. The maximum Gasteiger partial charge on any atom is 0.256 e. The first kappa shape index (κ1) is 24.7. The van der Waals surface area contributed by atoms with Crippen molar-refractivity contribution < 1.29 is 9.53 Å². The molecule has 1 saturated heterocycles. The van der Waals surface area contributed by atoms with Gasteiger partial charge >= 0.3 is 0 Å². The Morgan fingerprint density at radius 1 is 1.08 bits per heavy atom. The Balaban J connectivity index is 1.20. The van der Waals surface area contributed by atoms with Gasteiger partial charge in [-0.3, -0.25) is 4.79 Å². The average Bonchev–Trinajstić information content (AvgIpc) is 3.37. The van der Waals surface area contributed by atoms with E-state index in [-0.39, 0.29) is 11.9 Å². The minimum atomic E-state index is -0.522. The first-order valence-electron chi connectivity index (χ1n) is 14.5. The number of hydrogen-bond donors (Lipinski definition) is 0.